The largest absolute Gasteiger partial charge is 0.507 e. The predicted molar refractivity (Wildman–Crippen MR) is 126 cm³/mol. The molecule has 158 valence electrons. The third-order valence-corrected chi connectivity index (χ3v) is 5.73. The molecule has 0 heterocycles. The monoisotopic (exact) mass is 459 g/mol. The Hall–Kier alpha value is -1.81. The van der Waals surface area contributed by atoms with Crippen LogP contribution in [-0.2, 0) is 6.42 Å². The Kier molecular flexibility index (Phi) is 10.9. The lowest BCUT2D eigenvalue weighted by Crippen LogP contribution is -2.12. The van der Waals surface area contributed by atoms with Crippen LogP contribution in [0.15, 0.2) is 46.9 Å². The van der Waals surface area contributed by atoms with Crippen LogP contribution in [0.4, 0.5) is 5.69 Å². The highest BCUT2D eigenvalue weighted by atomic mass is 79.9. The molecule has 2 aromatic rings. The Morgan fingerprint density at radius 1 is 0.862 bits per heavy atom. The van der Waals surface area contributed by atoms with E-state index in [4.69, 9.17) is 0 Å². The van der Waals surface area contributed by atoms with Crippen LogP contribution < -0.4 is 5.32 Å². The Bertz CT molecular complexity index is 743. The molecule has 0 atom stereocenters. The third kappa shape index (κ3) is 9.03. The number of amides is 1. The first-order valence-corrected chi connectivity index (χ1v) is 11.8. The van der Waals surface area contributed by atoms with E-state index in [0.717, 1.165) is 16.6 Å². The number of nitrogens with one attached hydrogen (secondary N) is 1. The molecule has 0 saturated heterocycles. The highest BCUT2D eigenvalue weighted by Gasteiger charge is 2.11. The van der Waals surface area contributed by atoms with Gasteiger partial charge in [-0.05, 0) is 48.7 Å². The molecule has 0 spiro atoms. The number of hydrogen-bond acceptors (Lipinski definition) is 2. The first-order valence-electron chi connectivity index (χ1n) is 11.0. The molecule has 4 heteroatoms. The number of hydrogen-bond donors (Lipinski definition) is 2. The first kappa shape index (κ1) is 23.5. The fourth-order valence-corrected chi connectivity index (χ4v) is 3.82. The number of phenols is 1. The van der Waals surface area contributed by atoms with Gasteiger partial charge in [0, 0.05) is 10.2 Å². The molecule has 0 aromatic heterocycles. The minimum absolute atomic E-state index is 0.0247. The molecule has 0 aliphatic carbocycles. The molecule has 2 rings (SSSR count). The number of aryl methyl sites for hydroxylation is 1. The van der Waals surface area contributed by atoms with E-state index in [2.05, 4.69) is 40.3 Å². The van der Waals surface area contributed by atoms with Crippen molar-refractivity contribution >= 4 is 27.5 Å². The zero-order chi connectivity index (χ0) is 20.9. The number of benzene rings is 2. The number of rotatable bonds is 13. The number of phenolic OH excluding ortho intramolecular Hbond substituents is 1. The van der Waals surface area contributed by atoms with Crippen molar-refractivity contribution in [2.45, 2.75) is 77.6 Å². The van der Waals surface area contributed by atoms with Gasteiger partial charge in [-0.25, -0.2) is 0 Å². The van der Waals surface area contributed by atoms with E-state index in [-0.39, 0.29) is 17.2 Å². The summed E-state index contributed by atoms with van der Waals surface area (Å²) in [6, 6.07) is 12.8. The summed E-state index contributed by atoms with van der Waals surface area (Å²) in [7, 11) is 0. The maximum atomic E-state index is 12.4. The molecule has 29 heavy (non-hydrogen) atoms. The molecule has 0 unspecified atom stereocenters. The summed E-state index contributed by atoms with van der Waals surface area (Å²) in [5.41, 5.74) is 2.29. The van der Waals surface area contributed by atoms with E-state index in [1.165, 1.54) is 75.8 Å². The van der Waals surface area contributed by atoms with Crippen LogP contribution >= 0.6 is 15.9 Å². The quantitative estimate of drug-likeness (QED) is 0.299. The summed E-state index contributed by atoms with van der Waals surface area (Å²) in [6.07, 6.45) is 14.6. The Balaban J connectivity index is 1.64. The van der Waals surface area contributed by atoms with Crippen molar-refractivity contribution in [2.24, 2.45) is 0 Å². The van der Waals surface area contributed by atoms with Crippen LogP contribution in [-0.4, -0.2) is 11.0 Å². The maximum Gasteiger partial charge on any atom is 0.259 e. The van der Waals surface area contributed by atoms with E-state index < -0.39 is 0 Å². The Morgan fingerprint density at radius 2 is 1.45 bits per heavy atom. The first-order chi connectivity index (χ1) is 14.1. The fraction of sp³-hybridized carbons (Fsp3) is 0.480. The number of aromatic hydroxyl groups is 1. The van der Waals surface area contributed by atoms with Gasteiger partial charge in [-0.15, -0.1) is 0 Å². The summed E-state index contributed by atoms with van der Waals surface area (Å²) < 4.78 is 0.757. The van der Waals surface area contributed by atoms with Crippen LogP contribution in [0.25, 0.3) is 0 Å². The van der Waals surface area contributed by atoms with Crippen molar-refractivity contribution in [3.63, 3.8) is 0 Å². The van der Waals surface area contributed by atoms with Crippen LogP contribution in [0.5, 0.6) is 5.75 Å². The van der Waals surface area contributed by atoms with Gasteiger partial charge in [0.2, 0.25) is 0 Å². The average molecular weight is 460 g/mol. The van der Waals surface area contributed by atoms with Crippen LogP contribution in [0.1, 0.15) is 87.1 Å². The van der Waals surface area contributed by atoms with Gasteiger partial charge in [-0.1, -0.05) is 92.8 Å². The van der Waals surface area contributed by atoms with Gasteiger partial charge in [0.25, 0.3) is 5.91 Å². The molecule has 0 aliphatic heterocycles. The molecule has 2 aromatic carbocycles. The second-order valence-corrected chi connectivity index (χ2v) is 8.66. The number of unbranched alkanes of at least 4 members (excludes halogenated alkanes) is 9. The number of anilines is 1. The van der Waals surface area contributed by atoms with Crippen molar-refractivity contribution in [3.05, 3.63) is 58.1 Å². The number of carbonyl (C=O) groups excluding carboxylic acids is 1. The van der Waals surface area contributed by atoms with Gasteiger partial charge in [0.1, 0.15) is 5.75 Å². The van der Waals surface area contributed by atoms with Crippen molar-refractivity contribution in [1.29, 1.82) is 0 Å². The minimum Gasteiger partial charge on any atom is -0.507 e. The highest BCUT2D eigenvalue weighted by Crippen LogP contribution is 2.23. The number of halogens is 1. The highest BCUT2D eigenvalue weighted by molar-refractivity contribution is 9.10. The lowest BCUT2D eigenvalue weighted by atomic mass is 10.0. The van der Waals surface area contributed by atoms with Crippen molar-refractivity contribution < 1.29 is 9.90 Å². The summed E-state index contributed by atoms with van der Waals surface area (Å²) in [5.74, 6) is -0.338. The second-order valence-electron chi connectivity index (χ2n) is 7.74. The smallest absolute Gasteiger partial charge is 0.259 e. The molecule has 3 nitrogen and oxygen atoms in total. The van der Waals surface area contributed by atoms with E-state index in [9.17, 15) is 9.90 Å². The van der Waals surface area contributed by atoms with Gasteiger partial charge >= 0.3 is 0 Å². The molecular weight excluding hydrogens is 426 g/mol. The predicted octanol–water partition coefficient (Wildman–Crippen LogP) is 7.87. The van der Waals surface area contributed by atoms with Crippen molar-refractivity contribution in [1.82, 2.24) is 0 Å². The molecule has 0 aliphatic rings. The Morgan fingerprint density at radius 3 is 2.07 bits per heavy atom. The molecule has 0 radical (unpaired) electrons. The van der Waals surface area contributed by atoms with E-state index in [1.54, 1.807) is 12.1 Å². The van der Waals surface area contributed by atoms with Gasteiger partial charge in [0.15, 0.2) is 0 Å². The molecule has 0 bridgehead atoms. The summed E-state index contributed by atoms with van der Waals surface area (Å²) in [6.45, 7) is 2.26. The molecule has 2 N–H and O–H groups in total. The molecule has 1 amide bonds. The lowest BCUT2D eigenvalue weighted by molar-refractivity contribution is 0.102. The second kappa shape index (κ2) is 13.4. The minimum atomic E-state index is -0.314. The van der Waals surface area contributed by atoms with Gasteiger partial charge in [-0.2, -0.15) is 0 Å². The fourth-order valence-electron chi connectivity index (χ4n) is 3.46. The molecule has 0 saturated carbocycles. The maximum absolute atomic E-state index is 12.4. The van der Waals surface area contributed by atoms with Crippen LogP contribution in [0, 0.1) is 0 Å². The van der Waals surface area contributed by atoms with E-state index in [0.29, 0.717) is 0 Å². The summed E-state index contributed by atoms with van der Waals surface area (Å²) in [5, 5.41) is 12.7. The molecular formula is C25H34BrNO2. The van der Waals surface area contributed by atoms with Crippen molar-refractivity contribution in [2.75, 3.05) is 5.32 Å². The normalized spacial score (nSPS) is 10.8. The topological polar surface area (TPSA) is 49.3 Å². The van der Waals surface area contributed by atoms with E-state index >= 15 is 0 Å². The zero-order valence-electron chi connectivity index (χ0n) is 17.6. The third-order valence-electron chi connectivity index (χ3n) is 5.23. The summed E-state index contributed by atoms with van der Waals surface area (Å²) >= 11 is 3.32. The molecule has 0 fully saturated rings. The van der Waals surface area contributed by atoms with Gasteiger partial charge in [0.05, 0.1) is 5.56 Å². The lowest BCUT2D eigenvalue weighted by Gasteiger charge is -2.08. The van der Waals surface area contributed by atoms with Crippen LogP contribution in [0.3, 0.4) is 0 Å². The zero-order valence-corrected chi connectivity index (χ0v) is 19.1. The van der Waals surface area contributed by atoms with Crippen LogP contribution in [0.2, 0.25) is 0 Å². The average Bonchev–Trinajstić information content (AvgIpc) is 2.72. The Labute approximate surface area is 184 Å². The standard InChI is InChI=1S/C25H34BrNO2/c1-2-3-4-5-6-7-8-9-10-11-12-20-13-16-22(17-14-20)27-25(29)23-19-21(26)15-18-24(23)28/h13-19,28H,2-12H2,1H3,(H,27,29). The number of carbonyl (C=O) groups is 1. The van der Waals surface area contributed by atoms with Gasteiger partial charge < -0.3 is 10.4 Å². The summed E-state index contributed by atoms with van der Waals surface area (Å²) in [4.78, 5) is 12.4. The van der Waals surface area contributed by atoms with E-state index in [1.807, 2.05) is 12.1 Å². The van der Waals surface area contributed by atoms with Gasteiger partial charge in [-0.3, -0.25) is 4.79 Å². The van der Waals surface area contributed by atoms with Crippen molar-refractivity contribution in [3.8, 4) is 5.75 Å². The SMILES string of the molecule is CCCCCCCCCCCCc1ccc(NC(=O)c2cc(Br)ccc2O)cc1.